The maximum atomic E-state index is 13.1. The Balaban J connectivity index is 1.88. The van der Waals surface area contributed by atoms with E-state index >= 15 is 0 Å². The molecule has 0 bridgehead atoms. The van der Waals surface area contributed by atoms with E-state index in [4.69, 9.17) is 4.74 Å². The maximum absolute atomic E-state index is 13.1. The molecule has 0 fully saturated rings. The van der Waals surface area contributed by atoms with Gasteiger partial charge in [0.05, 0.1) is 12.7 Å². The van der Waals surface area contributed by atoms with Gasteiger partial charge < -0.3 is 10.1 Å². The van der Waals surface area contributed by atoms with Crippen LogP contribution < -0.4 is 10.1 Å². The summed E-state index contributed by atoms with van der Waals surface area (Å²) in [6, 6.07) is 13.4. The lowest BCUT2D eigenvalue weighted by Gasteiger charge is -2.18. The molecule has 6 nitrogen and oxygen atoms in total. The number of sulfone groups is 1. The van der Waals surface area contributed by atoms with Crippen molar-refractivity contribution in [2.75, 3.05) is 13.7 Å². The Hall–Kier alpha value is -2.71. The number of pyridine rings is 1. The third-order valence-corrected chi connectivity index (χ3v) is 7.54. The molecule has 3 rings (SSSR count). The lowest BCUT2D eigenvalue weighted by atomic mass is 10.1. The maximum Gasteiger partial charge on any atom is 0.255 e. The Kier molecular flexibility index (Phi) is 5.88. The van der Waals surface area contributed by atoms with E-state index in [1.54, 1.807) is 60.1 Å². The Morgan fingerprint density at radius 2 is 2.00 bits per heavy atom. The van der Waals surface area contributed by atoms with Gasteiger partial charge in [0.15, 0.2) is 9.84 Å². The highest BCUT2D eigenvalue weighted by molar-refractivity contribution is 7.93. The molecule has 1 N–H and O–H groups in total. The van der Waals surface area contributed by atoms with Gasteiger partial charge >= 0.3 is 0 Å². The highest BCUT2D eigenvalue weighted by atomic mass is 32.2. The van der Waals surface area contributed by atoms with Crippen LogP contribution in [0, 0.1) is 0 Å². The molecule has 2 heterocycles. The SMILES string of the molecule is COc1ccccc1C(=O)NCC(c1cccnc1)S(=O)(=O)c1cccs1. The molecular formula is C19H18N2O4S2. The molecule has 0 spiro atoms. The van der Waals surface area contributed by atoms with Crippen molar-refractivity contribution in [2.24, 2.45) is 0 Å². The summed E-state index contributed by atoms with van der Waals surface area (Å²) in [6.07, 6.45) is 3.08. The summed E-state index contributed by atoms with van der Waals surface area (Å²) in [5.41, 5.74) is 0.865. The van der Waals surface area contributed by atoms with Crippen LogP contribution >= 0.6 is 11.3 Å². The van der Waals surface area contributed by atoms with E-state index in [0.717, 1.165) is 11.3 Å². The fraction of sp³-hybridized carbons (Fsp3) is 0.158. The summed E-state index contributed by atoms with van der Waals surface area (Å²) in [4.78, 5) is 16.6. The third kappa shape index (κ3) is 4.17. The molecule has 0 aliphatic carbocycles. The minimum absolute atomic E-state index is 0.0805. The van der Waals surface area contributed by atoms with Crippen molar-refractivity contribution in [2.45, 2.75) is 9.46 Å². The molecule has 0 saturated carbocycles. The van der Waals surface area contributed by atoms with Crippen LogP contribution in [0.4, 0.5) is 0 Å². The van der Waals surface area contributed by atoms with Gasteiger partial charge in [0.1, 0.15) is 15.2 Å². The zero-order valence-corrected chi connectivity index (χ0v) is 16.2. The Bertz CT molecular complexity index is 1000. The third-order valence-electron chi connectivity index (χ3n) is 4.01. The number of carbonyl (C=O) groups excluding carboxylic acids is 1. The number of nitrogens with one attached hydrogen (secondary N) is 1. The number of amides is 1. The van der Waals surface area contributed by atoms with Crippen LogP contribution in [0.3, 0.4) is 0 Å². The van der Waals surface area contributed by atoms with Crippen molar-refractivity contribution in [3.8, 4) is 5.75 Å². The van der Waals surface area contributed by atoms with E-state index in [0.29, 0.717) is 16.9 Å². The lowest BCUT2D eigenvalue weighted by molar-refractivity contribution is 0.0950. The molecule has 0 aliphatic heterocycles. The molecule has 1 aromatic carbocycles. The number of carbonyl (C=O) groups is 1. The molecule has 1 unspecified atom stereocenters. The largest absolute Gasteiger partial charge is 0.496 e. The van der Waals surface area contributed by atoms with Crippen molar-refractivity contribution in [3.63, 3.8) is 0 Å². The highest BCUT2D eigenvalue weighted by Crippen LogP contribution is 2.31. The van der Waals surface area contributed by atoms with Crippen LogP contribution in [0.25, 0.3) is 0 Å². The van der Waals surface area contributed by atoms with Crippen molar-refractivity contribution >= 4 is 27.1 Å². The molecular weight excluding hydrogens is 384 g/mol. The van der Waals surface area contributed by atoms with Crippen molar-refractivity contribution < 1.29 is 17.9 Å². The number of para-hydroxylation sites is 1. The van der Waals surface area contributed by atoms with Crippen LogP contribution in [-0.4, -0.2) is 33.0 Å². The Morgan fingerprint density at radius 3 is 2.67 bits per heavy atom. The summed E-state index contributed by atoms with van der Waals surface area (Å²) in [5, 5.41) is 3.49. The first-order valence-electron chi connectivity index (χ1n) is 8.12. The summed E-state index contributed by atoms with van der Waals surface area (Å²) >= 11 is 1.15. The van der Waals surface area contributed by atoms with E-state index in [9.17, 15) is 13.2 Å². The standard InChI is InChI=1S/C19H18N2O4S2/c1-25-16-8-3-2-7-15(16)19(22)21-13-17(14-6-4-10-20-12-14)27(23,24)18-9-5-11-26-18/h2-12,17H,13H2,1H3,(H,21,22). The van der Waals surface area contributed by atoms with Crippen LogP contribution in [0.1, 0.15) is 21.2 Å². The van der Waals surface area contributed by atoms with E-state index < -0.39 is 21.0 Å². The average molecular weight is 402 g/mol. The molecule has 1 atom stereocenters. The molecule has 3 aromatic rings. The van der Waals surface area contributed by atoms with Gasteiger partial charge in [-0.2, -0.15) is 0 Å². The molecule has 8 heteroatoms. The molecule has 0 radical (unpaired) electrons. The van der Waals surface area contributed by atoms with Gasteiger partial charge in [-0.15, -0.1) is 11.3 Å². The van der Waals surface area contributed by atoms with Crippen LogP contribution in [-0.2, 0) is 9.84 Å². The predicted octanol–water partition coefficient (Wildman–Crippen LogP) is 3.10. The number of nitrogens with zero attached hydrogens (tertiary/aromatic N) is 1. The Morgan fingerprint density at radius 1 is 1.19 bits per heavy atom. The van der Waals surface area contributed by atoms with Crippen LogP contribution in [0.5, 0.6) is 5.75 Å². The number of hydrogen-bond donors (Lipinski definition) is 1. The monoisotopic (exact) mass is 402 g/mol. The fourth-order valence-corrected chi connectivity index (χ4v) is 5.50. The summed E-state index contributed by atoms with van der Waals surface area (Å²) in [5.74, 6) is 0.0248. The van der Waals surface area contributed by atoms with Gasteiger partial charge in [-0.05, 0) is 35.2 Å². The zero-order valence-electron chi connectivity index (χ0n) is 14.5. The average Bonchev–Trinajstić information content (AvgIpc) is 3.24. The molecule has 27 heavy (non-hydrogen) atoms. The molecule has 1 amide bonds. The number of hydrogen-bond acceptors (Lipinski definition) is 6. The van der Waals surface area contributed by atoms with Crippen molar-refractivity contribution in [1.82, 2.24) is 10.3 Å². The van der Waals surface area contributed by atoms with E-state index in [1.165, 1.54) is 13.3 Å². The first-order chi connectivity index (χ1) is 13.0. The first kappa shape index (κ1) is 19.1. The van der Waals surface area contributed by atoms with Crippen molar-refractivity contribution in [3.05, 3.63) is 77.4 Å². The highest BCUT2D eigenvalue weighted by Gasteiger charge is 2.31. The van der Waals surface area contributed by atoms with Gasteiger partial charge in [-0.3, -0.25) is 9.78 Å². The number of ether oxygens (including phenoxy) is 1. The van der Waals surface area contributed by atoms with Crippen molar-refractivity contribution in [1.29, 1.82) is 0 Å². The van der Waals surface area contributed by atoms with Gasteiger partial charge in [0.2, 0.25) is 0 Å². The van der Waals surface area contributed by atoms with E-state index in [-0.39, 0.29) is 10.8 Å². The number of methoxy groups -OCH3 is 1. The Labute approximate surface area is 161 Å². The normalized spacial score (nSPS) is 12.3. The van der Waals surface area contributed by atoms with Gasteiger partial charge in [0.25, 0.3) is 5.91 Å². The molecule has 2 aromatic heterocycles. The molecule has 0 aliphatic rings. The van der Waals surface area contributed by atoms with Crippen LogP contribution in [0.2, 0.25) is 0 Å². The topological polar surface area (TPSA) is 85.4 Å². The van der Waals surface area contributed by atoms with Crippen LogP contribution in [0.15, 0.2) is 70.5 Å². The second kappa shape index (κ2) is 8.32. The van der Waals surface area contributed by atoms with Gasteiger partial charge in [-0.1, -0.05) is 24.3 Å². The number of benzene rings is 1. The summed E-state index contributed by atoms with van der Waals surface area (Å²) in [7, 11) is -2.19. The quantitative estimate of drug-likeness (QED) is 0.656. The second-order valence-electron chi connectivity index (χ2n) is 5.66. The second-order valence-corrected chi connectivity index (χ2v) is 8.97. The first-order valence-corrected chi connectivity index (χ1v) is 10.5. The molecule has 140 valence electrons. The smallest absolute Gasteiger partial charge is 0.255 e. The number of rotatable bonds is 7. The fourth-order valence-electron chi connectivity index (χ4n) is 2.65. The van der Waals surface area contributed by atoms with E-state index in [1.807, 2.05) is 0 Å². The number of aromatic nitrogens is 1. The molecule has 0 saturated heterocycles. The minimum atomic E-state index is -3.67. The predicted molar refractivity (Wildman–Crippen MR) is 104 cm³/mol. The van der Waals surface area contributed by atoms with Gasteiger partial charge in [-0.25, -0.2) is 8.42 Å². The number of thiophene rings is 1. The lowest BCUT2D eigenvalue weighted by Crippen LogP contribution is -2.32. The minimum Gasteiger partial charge on any atom is -0.496 e. The summed E-state index contributed by atoms with van der Waals surface area (Å²) < 4.78 is 31.6. The van der Waals surface area contributed by atoms with Gasteiger partial charge in [0, 0.05) is 18.9 Å². The summed E-state index contributed by atoms with van der Waals surface area (Å²) in [6.45, 7) is -0.0805. The zero-order chi connectivity index (χ0) is 19.3. The van der Waals surface area contributed by atoms with E-state index in [2.05, 4.69) is 10.3 Å².